The first kappa shape index (κ1) is 9.01. The molecule has 1 saturated heterocycles. The molecule has 1 aliphatic heterocycles. The minimum absolute atomic E-state index is 0.290. The van der Waals surface area contributed by atoms with Crippen LogP contribution < -0.4 is 5.32 Å². The SMILES string of the molecule is CC1CCC(C(C)(C)O)NC1. The Morgan fingerprint density at radius 3 is 2.36 bits per heavy atom. The van der Waals surface area contributed by atoms with Crippen LogP contribution in [-0.2, 0) is 0 Å². The van der Waals surface area contributed by atoms with Crippen LogP contribution in [0.4, 0.5) is 0 Å². The fraction of sp³-hybridized carbons (Fsp3) is 1.00. The van der Waals surface area contributed by atoms with E-state index in [9.17, 15) is 5.11 Å². The highest BCUT2D eigenvalue weighted by molar-refractivity contribution is 4.87. The molecule has 1 rings (SSSR count). The van der Waals surface area contributed by atoms with Gasteiger partial charge in [0.05, 0.1) is 5.60 Å². The molecule has 0 aliphatic carbocycles. The van der Waals surface area contributed by atoms with E-state index in [1.54, 1.807) is 0 Å². The number of hydrogen-bond donors (Lipinski definition) is 2. The summed E-state index contributed by atoms with van der Waals surface area (Å²) in [5.41, 5.74) is -0.555. The Balaban J connectivity index is 2.39. The predicted molar refractivity (Wildman–Crippen MR) is 46.5 cm³/mol. The lowest BCUT2D eigenvalue weighted by atomic mass is 9.87. The van der Waals surface area contributed by atoms with Crippen molar-refractivity contribution in [3.05, 3.63) is 0 Å². The first-order valence-corrected chi connectivity index (χ1v) is 4.46. The predicted octanol–water partition coefficient (Wildman–Crippen LogP) is 1.15. The topological polar surface area (TPSA) is 32.3 Å². The number of piperidine rings is 1. The fourth-order valence-electron chi connectivity index (χ4n) is 1.60. The van der Waals surface area contributed by atoms with Crippen LogP contribution in [0.1, 0.15) is 33.6 Å². The standard InChI is InChI=1S/C9H19NO/c1-7-4-5-8(10-6-7)9(2,3)11/h7-8,10-11H,4-6H2,1-3H3. The summed E-state index contributed by atoms with van der Waals surface area (Å²) in [6.45, 7) is 7.05. The van der Waals surface area contributed by atoms with Gasteiger partial charge < -0.3 is 10.4 Å². The van der Waals surface area contributed by atoms with Crippen LogP contribution in [0.3, 0.4) is 0 Å². The van der Waals surface area contributed by atoms with Gasteiger partial charge in [-0.05, 0) is 39.2 Å². The molecule has 2 atom stereocenters. The molecule has 0 bridgehead atoms. The summed E-state index contributed by atoms with van der Waals surface area (Å²) < 4.78 is 0. The van der Waals surface area contributed by atoms with E-state index in [0.717, 1.165) is 18.9 Å². The maximum absolute atomic E-state index is 9.67. The van der Waals surface area contributed by atoms with Crippen molar-refractivity contribution in [2.75, 3.05) is 6.54 Å². The zero-order valence-electron chi connectivity index (χ0n) is 7.72. The largest absolute Gasteiger partial charge is 0.389 e. The summed E-state index contributed by atoms with van der Waals surface area (Å²) in [4.78, 5) is 0. The van der Waals surface area contributed by atoms with E-state index in [1.165, 1.54) is 6.42 Å². The van der Waals surface area contributed by atoms with Crippen LogP contribution in [0.25, 0.3) is 0 Å². The smallest absolute Gasteiger partial charge is 0.0744 e. The highest BCUT2D eigenvalue weighted by Gasteiger charge is 2.29. The first-order chi connectivity index (χ1) is 5.00. The molecule has 0 aromatic carbocycles. The maximum atomic E-state index is 9.67. The Morgan fingerprint density at radius 2 is 2.00 bits per heavy atom. The van der Waals surface area contributed by atoms with Gasteiger partial charge in [-0.15, -0.1) is 0 Å². The molecule has 66 valence electrons. The van der Waals surface area contributed by atoms with Crippen LogP contribution in [0.5, 0.6) is 0 Å². The van der Waals surface area contributed by atoms with Crippen molar-refractivity contribution in [1.29, 1.82) is 0 Å². The Kier molecular flexibility index (Phi) is 2.55. The van der Waals surface area contributed by atoms with E-state index < -0.39 is 5.60 Å². The average Bonchev–Trinajstić information content (AvgIpc) is 1.86. The Morgan fingerprint density at radius 1 is 1.36 bits per heavy atom. The lowest BCUT2D eigenvalue weighted by molar-refractivity contribution is 0.0228. The summed E-state index contributed by atoms with van der Waals surface area (Å²) in [6, 6.07) is 0.290. The molecule has 1 fully saturated rings. The fourth-order valence-corrected chi connectivity index (χ4v) is 1.60. The Labute approximate surface area is 69.0 Å². The highest BCUT2D eigenvalue weighted by Crippen LogP contribution is 2.20. The van der Waals surface area contributed by atoms with Crippen molar-refractivity contribution in [1.82, 2.24) is 5.32 Å². The second-order valence-electron chi connectivity index (χ2n) is 4.30. The molecule has 2 N–H and O–H groups in total. The highest BCUT2D eigenvalue weighted by atomic mass is 16.3. The van der Waals surface area contributed by atoms with Crippen LogP contribution in [0.2, 0.25) is 0 Å². The van der Waals surface area contributed by atoms with Gasteiger partial charge in [0.25, 0.3) is 0 Å². The number of rotatable bonds is 1. The minimum atomic E-state index is -0.555. The van der Waals surface area contributed by atoms with Crippen molar-refractivity contribution in [3.8, 4) is 0 Å². The number of hydrogen-bond acceptors (Lipinski definition) is 2. The van der Waals surface area contributed by atoms with Gasteiger partial charge in [0.15, 0.2) is 0 Å². The van der Waals surface area contributed by atoms with Crippen molar-refractivity contribution < 1.29 is 5.11 Å². The van der Waals surface area contributed by atoms with E-state index in [4.69, 9.17) is 0 Å². The van der Waals surface area contributed by atoms with E-state index in [1.807, 2.05) is 13.8 Å². The minimum Gasteiger partial charge on any atom is -0.389 e. The second-order valence-corrected chi connectivity index (χ2v) is 4.30. The first-order valence-electron chi connectivity index (χ1n) is 4.46. The molecule has 0 spiro atoms. The van der Waals surface area contributed by atoms with Crippen molar-refractivity contribution >= 4 is 0 Å². The van der Waals surface area contributed by atoms with E-state index in [2.05, 4.69) is 12.2 Å². The van der Waals surface area contributed by atoms with Crippen molar-refractivity contribution in [2.45, 2.75) is 45.3 Å². The summed E-state index contributed by atoms with van der Waals surface area (Å²) in [5.74, 6) is 0.772. The molecule has 0 radical (unpaired) electrons. The number of nitrogens with one attached hydrogen (secondary N) is 1. The Hall–Kier alpha value is -0.0800. The monoisotopic (exact) mass is 157 g/mol. The normalized spacial score (nSPS) is 33.8. The van der Waals surface area contributed by atoms with Crippen molar-refractivity contribution in [2.24, 2.45) is 5.92 Å². The van der Waals surface area contributed by atoms with E-state index in [0.29, 0.717) is 6.04 Å². The van der Waals surface area contributed by atoms with Gasteiger partial charge in [-0.1, -0.05) is 6.92 Å². The second kappa shape index (κ2) is 3.11. The quantitative estimate of drug-likeness (QED) is 0.598. The average molecular weight is 157 g/mol. The van der Waals surface area contributed by atoms with Gasteiger partial charge in [0.1, 0.15) is 0 Å². The van der Waals surface area contributed by atoms with Crippen LogP contribution in [0.15, 0.2) is 0 Å². The molecule has 0 aromatic rings. The zero-order chi connectivity index (χ0) is 8.48. The summed E-state index contributed by atoms with van der Waals surface area (Å²) in [5, 5.41) is 13.0. The summed E-state index contributed by atoms with van der Waals surface area (Å²) >= 11 is 0. The molecular weight excluding hydrogens is 138 g/mol. The molecule has 2 nitrogen and oxygen atoms in total. The van der Waals surface area contributed by atoms with E-state index >= 15 is 0 Å². The third kappa shape index (κ3) is 2.46. The summed E-state index contributed by atoms with van der Waals surface area (Å²) in [6.07, 6.45) is 2.34. The van der Waals surface area contributed by atoms with Gasteiger partial charge in [0, 0.05) is 6.04 Å². The van der Waals surface area contributed by atoms with Gasteiger partial charge in [-0.3, -0.25) is 0 Å². The zero-order valence-corrected chi connectivity index (χ0v) is 7.72. The molecule has 0 amide bonds. The van der Waals surface area contributed by atoms with Crippen LogP contribution in [0, 0.1) is 5.92 Å². The maximum Gasteiger partial charge on any atom is 0.0744 e. The van der Waals surface area contributed by atoms with Crippen LogP contribution >= 0.6 is 0 Å². The third-order valence-corrected chi connectivity index (χ3v) is 2.51. The summed E-state index contributed by atoms with van der Waals surface area (Å²) in [7, 11) is 0. The van der Waals surface area contributed by atoms with Gasteiger partial charge in [-0.25, -0.2) is 0 Å². The molecule has 1 aliphatic rings. The molecule has 0 saturated carbocycles. The van der Waals surface area contributed by atoms with Crippen molar-refractivity contribution in [3.63, 3.8) is 0 Å². The van der Waals surface area contributed by atoms with E-state index in [-0.39, 0.29) is 0 Å². The lowest BCUT2D eigenvalue weighted by Gasteiger charge is -2.35. The lowest BCUT2D eigenvalue weighted by Crippen LogP contribution is -2.50. The molecule has 2 unspecified atom stereocenters. The van der Waals surface area contributed by atoms with Crippen LogP contribution in [-0.4, -0.2) is 23.3 Å². The Bertz CT molecular complexity index is 120. The van der Waals surface area contributed by atoms with Gasteiger partial charge >= 0.3 is 0 Å². The molecule has 0 aromatic heterocycles. The third-order valence-electron chi connectivity index (χ3n) is 2.51. The van der Waals surface area contributed by atoms with Gasteiger partial charge in [-0.2, -0.15) is 0 Å². The molecular formula is C9H19NO. The molecule has 11 heavy (non-hydrogen) atoms. The molecule has 2 heteroatoms. The molecule has 1 heterocycles. The number of aliphatic hydroxyl groups is 1. The van der Waals surface area contributed by atoms with Gasteiger partial charge in [0.2, 0.25) is 0 Å².